The zero-order valence-corrected chi connectivity index (χ0v) is 25.7. The average molecular weight is 616 g/mol. The van der Waals surface area contributed by atoms with Gasteiger partial charge in [-0.2, -0.15) is 5.10 Å². The summed E-state index contributed by atoms with van der Waals surface area (Å²) in [5.41, 5.74) is 3.00. The number of imide groups is 1. The Morgan fingerprint density at radius 2 is 1.67 bits per heavy atom. The number of anilines is 2. The molecule has 1 unspecified atom stereocenters. The van der Waals surface area contributed by atoms with Crippen molar-refractivity contribution in [1.82, 2.24) is 19.6 Å². The van der Waals surface area contributed by atoms with Crippen molar-refractivity contribution in [2.24, 2.45) is 5.92 Å². The maximum absolute atomic E-state index is 13.2. The molecule has 6 rings (SSSR count). The van der Waals surface area contributed by atoms with Gasteiger partial charge in [-0.15, -0.1) is 0 Å². The third kappa shape index (κ3) is 7.28. The van der Waals surface area contributed by atoms with Gasteiger partial charge in [0.2, 0.25) is 5.91 Å². The summed E-state index contributed by atoms with van der Waals surface area (Å²) in [5.74, 6) is 1.06. The largest absolute Gasteiger partial charge is 0.497 e. The van der Waals surface area contributed by atoms with Crippen molar-refractivity contribution in [3.8, 4) is 5.75 Å². The Morgan fingerprint density at radius 3 is 2.31 bits per heavy atom. The number of nitro groups is 1. The summed E-state index contributed by atoms with van der Waals surface area (Å²) < 4.78 is 6.97. The normalized spacial score (nSPS) is 20.4. The Morgan fingerprint density at radius 1 is 0.956 bits per heavy atom. The number of piperidine rings is 3. The molecule has 2 amide bonds. The highest BCUT2D eigenvalue weighted by molar-refractivity contribution is 6.01. The summed E-state index contributed by atoms with van der Waals surface area (Å²) in [6.07, 6.45) is 7.90. The molecule has 0 saturated carbocycles. The molecule has 3 aliphatic rings. The molecule has 3 fully saturated rings. The van der Waals surface area contributed by atoms with E-state index in [1.807, 2.05) is 36.4 Å². The standard InChI is InChI=1S/C33H41N7O5/c1-45-30-8-2-24(3-9-30)22-38-32(41)11-10-31(33(38)42)35-26-4-6-27(7-5-26)37-18-12-25(13-19-37)21-36-16-14-28(15-17-36)39-23-29(20-34-39)40(43)44/h2-9,20,23,25,28,31,35H,10-19,21-22H2,1H3. The number of benzene rings is 2. The molecule has 0 radical (unpaired) electrons. The van der Waals surface area contributed by atoms with Gasteiger partial charge in [0.05, 0.1) is 24.6 Å². The molecule has 0 bridgehead atoms. The quantitative estimate of drug-likeness (QED) is 0.200. The first kappa shape index (κ1) is 30.6. The second kappa shape index (κ2) is 13.7. The molecule has 0 spiro atoms. The number of rotatable bonds is 10. The molecule has 4 heterocycles. The lowest BCUT2D eigenvalue weighted by Gasteiger charge is -2.38. The van der Waals surface area contributed by atoms with Crippen LogP contribution in [0, 0.1) is 16.0 Å². The monoisotopic (exact) mass is 615 g/mol. The van der Waals surface area contributed by atoms with Gasteiger partial charge >= 0.3 is 5.69 Å². The predicted octanol–water partition coefficient (Wildman–Crippen LogP) is 4.48. The second-order valence-electron chi connectivity index (χ2n) is 12.3. The topological polar surface area (TPSA) is 126 Å². The van der Waals surface area contributed by atoms with Crippen LogP contribution in [-0.4, -0.2) is 82.2 Å². The molecule has 1 atom stereocenters. The number of ether oxygens (including phenoxy) is 1. The molecule has 3 aliphatic heterocycles. The van der Waals surface area contributed by atoms with Crippen molar-refractivity contribution in [1.29, 1.82) is 0 Å². The summed E-state index contributed by atoms with van der Waals surface area (Å²) in [6, 6.07) is 15.5. The smallest absolute Gasteiger partial charge is 0.307 e. The summed E-state index contributed by atoms with van der Waals surface area (Å²) >= 11 is 0. The maximum atomic E-state index is 13.2. The average Bonchev–Trinajstić information content (AvgIpc) is 3.57. The van der Waals surface area contributed by atoms with Crippen molar-refractivity contribution in [3.63, 3.8) is 0 Å². The first-order valence-electron chi connectivity index (χ1n) is 15.9. The Balaban J connectivity index is 0.948. The van der Waals surface area contributed by atoms with Gasteiger partial charge in [0.1, 0.15) is 24.2 Å². The summed E-state index contributed by atoms with van der Waals surface area (Å²) in [6.45, 7) is 5.34. The highest BCUT2D eigenvalue weighted by Crippen LogP contribution is 2.29. The molecular weight excluding hydrogens is 574 g/mol. The minimum absolute atomic E-state index is 0.0557. The number of methoxy groups -OCH3 is 1. The van der Waals surface area contributed by atoms with Crippen LogP contribution in [0.2, 0.25) is 0 Å². The summed E-state index contributed by atoms with van der Waals surface area (Å²) in [5, 5.41) is 18.6. The van der Waals surface area contributed by atoms with E-state index >= 15 is 0 Å². The van der Waals surface area contributed by atoms with Crippen molar-refractivity contribution in [3.05, 3.63) is 76.6 Å². The molecule has 2 aromatic carbocycles. The number of carbonyl (C=O) groups is 2. The van der Waals surface area contributed by atoms with Crippen LogP contribution in [0.4, 0.5) is 17.1 Å². The number of carbonyl (C=O) groups excluding carboxylic acids is 2. The number of hydrogen-bond donors (Lipinski definition) is 1. The number of amides is 2. The van der Waals surface area contributed by atoms with Gasteiger partial charge in [-0.05, 0) is 80.0 Å². The maximum Gasteiger partial charge on any atom is 0.307 e. The van der Waals surface area contributed by atoms with E-state index in [2.05, 4.69) is 32.3 Å². The number of nitrogens with zero attached hydrogens (tertiary/aromatic N) is 6. The molecule has 12 nitrogen and oxygen atoms in total. The van der Waals surface area contributed by atoms with Gasteiger partial charge in [-0.1, -0.05) is 12.1 Å². The van der Waals surface area contributed by atoms with E-state index in [9.17, 15) is 19.7 Å². The fourth-order valence-electron chi connectivity index (χ4n) is 6.75. The van der Waals surface area contributed by atoms with Crippen LogP contribution >= 0.6 is 0 Å². The van der Waals surface area contributed by atoms with E-state index < -0.39 is 6.04 Å². The van der Waals surface area contributed by atoms with Gasteiger partial charge in [0.15, 0.2) is 0 Å². The fraction of sp³-hybridized carbons (Fsp3) is 0.485. The number of hydrogen-bond acceptors (Lipinski definition) is 9. The van der Waals surface area contributed by atoms with Crippen LogP contribution in [0.15, 0.2) is 60.9 Å². The molecular formula is C33H41N7O5. The van der Waals surface area contributed by atoms with E-state index in [0.29, 0.717) is 18.8 Å². The third-order valence-electron chi connectivity index (χ3n) is 9.45. The van der Waals surface area contributed by atoms with Crippen LogP contribution in [-0.2, 0) is 16.1 Å². The highest BCUT2D eigenvalue weighted by atomic mass is 16.6. The van der Waals surface area contributed by atoms with Crippen LogP contribution in [0.25, 0.3) is 0 Å². The van der Waals surface area contributed by atoms with Gasteiger partial charge < -0.3 is 19.9 Å². The predicted molar refractivity (Wildman–Crippen MR) is 170 cm³/mol. The van der Waals surface area contributed by atoms with E-state index in [-0.39, 0.29) is 35.0 Å². The van der Waals surface area contributed by atoms with Crippen molar-refractivity contribution in [2.75, 3.05) is 50.1 Å². The van der Waals surface area contributed by atoms with E-state index in [4.69, 9.17) is 4.74 Å². The molecule has 0 aliphatic carbocycles. The molecule has 3 saturated heterocycles. The van der Waals surface area contributed by atoms with Crippen molar-refractivity contribution < 1.29 is 19.2 Å². The van der Waals surface area contributed by atoms with Crippen LogP contribution in [0.5, 0.6) is 5.75 Å². The van der Waals surface area contributed by atoms with Gasteiger partial charge in [0, 0.05) is 50.5 Å². The van der Waals surface area contributed by atoms with Crippen molar-refractivity contribution >= 4 is 28.9 Å². The molecule has 238 valence electrons. The first-order chi connectivity index (χ1) is 21.9. The minimum atomic E-state index is -0.439. The number of nitrogens with one attached hydrogen (secondary N) is 1. The Bertz CT molecular complexity index is 1480. The van der Waals surface area contributed by atoms with Gasteiger partial charge in [-0.3, -0.25) is 29.3 Å². The first-order valence-corrected chi connectivity index (χ1v) is 15.9. The molecule has 12 heteroatoms. The van der Waals surface area contributed by atoms with E-state index in [0.717, 1.165) is 75.4 Å². The molecule has 1 N–H and O–H groups in total. The molecule has 1 aromatic heterocycles. The Kier molecular flexibility index (Phi) is 9.29. The van der Waals surface area contributed by atoms with E-state index in [1.165, 1.54) is 16.8 Å². The minimum Gasteiger partial charge on any atom is -0.497 e. The fourth-order valence-corrected chi connectivity index (χ4v) is 6.75. The van der Waals surface area contributed by atoms with Crippen LogP contribution in [0.1, 0.15) is 50.1 Å². The zero-order valence-electron chi connectivity index (χ0n) is 25.7. The Labute approximate surface area is 263 Å². The van der Waals surface area contributed by atoms with Crippen molar-refractivity contribution in [2.45, 2.75) is 57.2 Å². The lowest BCUT2D eigenvalue weighted by Crippen LogP contribution is -2.50. The van der Waals surface area contributed by atoms with Gasteiger partial charge in [-0.25, -0.2) is 0 Å². The number of likely N-dealkylation sites (tertiary alicyclic amines) is 2. The van der Waals surface area contributed by atoms with Gasteiger partial charge in [0.25, 0.3) is 5.91 Å². The summed E-state index contributed by atoms with van der Waals surface area (Å²) in [7, 11) is 1.61. The number of aromatic nitrogens is 2. The Hall–Kier alpha value is -4.45. The van der Waals surface area contributed by atoms with E-state index in [1.54, 1.807) is 18.0 Å². The third-order valence-corrected chi connectivity index (χ3v) is 9.45. The zero-order chi connectivity index (χ0) is 31.3. The van der Waals surface area contributed by atoms with Crippen LogP contribution < -0.4 is 15.0 Å². The molecule has 45 heavy (non-hydrogen) atoms. The summed E-state index contributed by atoms with van der Waals surface area (Å²) in [4.78, 5) is 42.7. The second-order valence-corrected chi connectivity index (χ2v) is 12.3. The highest BCUT2D eigenvalue weighted by Gasteiger charge is 2.34. The lowest BCUT2D eigenvalue weighted by molar-refractivity contribution is -0.385. The lowest BCUT2D eigenvalue weighted by atomic mass is 9.94. The SMILES string of the molecule is COc1ccc(CN2C(=O)CCC(Nc3ccc(N4CCC(CN5CCC(n6cc([N+](=O)[O-])cn6)CC5)CC4)cc3)C2=O)cc1. The van der Waals surface area contributed by atoms with Crippen LogP contribution in [0.3, 0.4) is 0 Å². The molecule has 3 aromatic rings.